The zero-order valence-corrected chi connectivity index (χ0v) is 11.6. The van der Waals surface area contributed by atoms with Gasteiger partial charge in [-0.2, -0.15) is 0 Å². The molecule has 1 atom stereocenters. The van der Waals surface area contributed by atoms with Crippen LogP contribution in [0.25, 0.3) is 0 Å². The van der Waals surface area contributed by atoms with Crippen LogP contribution in [0.4, 0.5) is 0 Å². The molecule has 0 radical (unpaired) electrons. The normalized spacial score (nSPS) is 11.9. The van der Waals surface area contributed by atoms with Crippen LogP contribution in [0.2, 0.25) is 0 Å². The summed E-state index contributed by atoms with van der Waals surface area (Å²) in [4.78, 5) is 22.3. The fourth-order valence-corrected chi connectivity index (χ4v) is 2.17. The van der Waals surface area contributed by atoms with Gasteiger partial charge in [-0.05, 0) is 36.6 Å². The number of hydrogen-bond donors (Lipinski definition) is 2. The van der Waals surface area contributed by atoms with Crippen molar-refractivity contribution in [2.45, 2.75) is 19.3 Å². The molecule has 1 unspecified atom stereocenters. The Morgan fingerprint density at radius 2 is 1.52 bits per heavy atom. The van der Waals surface area contributed by atoms with Crippen LogP contribution in [0, 0.1) is 6.92 Å². The van der Waals surface area contributed by atoms with E-state index in [0.717, 1.165) is 16.7 Å². The molecule has 2 aromatic carbocycles. The summed E-state index contributed by atoms with van der Waals surface area (Å²) in [5.74, 6) is -2.52. The SMILES string of the molecule is Cc1ccc(C(Cc2ccc(C(=O)O)cc2)C(=O)O)cc1. The van der Waals surface area contributed by atoms with Crippen LogP contribution in [0.1, 0.15) is 33.0 Å². The third-order valence-electron chi connectivity index (χ3n) is 3.42. The number of aryl methyl sites for hydroxylation is 1. The summed E-state index contributed by atoms with van der Waals surface area (Å²) in [5, 5.41) is 18.3. The molecular weight excluding hydrogens is 268 g/mol. The van der Waals surface area contributed by atoms with E-state index in [1.54, 1.807) is 12.1 Å². The van der Waals surface area contributed by atoms with Crippen molar-refractivity contribution in [3.8, 4) is 0 Å². The monoisotopic (exact) mass is 284 g/mol. The Balaban J connectivity index is 2.22. The average Bonchev–Trinajstić information content (AvgIpc) is 2.46. The lowest BCUT2D eigenvalue weighted by atomic mass is 9.91. The molecule has 0 saturated heterocycles. The van der Waals surface area contributed by atoms with Crippen LogP contribution in [0.15, 0.2) is 48.5 Å². The smallest absolute Gasteiger partial charge is 0.335 e. The van der Waals surface area contributed by atoms with Gasteiger partial charge in [-0.25, -0.2) is 4.79 Å². The maximum Gasteiger partial charge on any atom is 0.335 e. The Morgan fingerprint density at radius 1 is 0.952 bits per heavy atom. The van der Waals surface area contributed by atoms with Gasteiger partial charge in [0.2, 0.25) is 0 Å². The van der Waals surface area contributed by atoms with E-state index in [0.29, 0.717) is 6.42 Å². The maximum absolute atomic E-state index is 11.5. The van der Waals surface area contributed by atoms with Gasteiger partial charge in [-0.1, -0.05) is 42.0 Å². The first-order valence-electron chi connectivity index (χ1n) is 6.59. The van der Waals surface area contributed by atoms with E-state index in [-0.39, 0.29) is 5.56 Å². The van der Waals surface area contributed by atoms with Gasteiger partial charge >= 0.3 is 11.9 Å². The van der Waals surface area contributed by atoms with Crippen molar-refractivity contribution in [2.75, 3.05) is 0 Å². The molecule has 0 saturated carbocycles. The molecular formula is C17H16O4. The molecule has 0 heterocycles. The fourth-order valence-electron chi connectivity index (χ4n) is 2.17. The molecule has 0 spiro atoms. The molecule has 4 heteroatoms. The van der Waals surface area contributed by atoms with Crippen LogP contribution < -0.4 is 0 Å². The van der Waals surface area contributed by atoms with Gasteiger partial charge in [0.25, 0.3) is 0 Å². The number of carboxylic acid groups (broad SMARTS) is 2. The molecule has 4 nitrogen and oxygen atoms in total. The van der Waals surface area contributed by atoms with E-state index in [9.17, 15) is 14.7 Å². The van der Waals surface area contributed by atoms with E-state index in [2.05, 4.69) is 0 Å². The highest BCUT2D eigenvalue weighted by Crippen LogP contribution is 2.22. The first kappa shape index (κ1) is 14.8. The average molecular weight is 284 g/mol. The molecule has 0 fully saturated rings. The second-order valence-corrected chi connectivity index (χ2v) is 5.01. The molecule has 2 N–H and O–H groups in total. The number of aromatic carboxylic acids is 1. The maximum atomic E-state index is 11.5. The van der Waals surface area contributed by atoms with Crippen molar-refractivity contribution in [1.29, 1.82) is 0 Å². The minimum absolute atomic E-state index is 0.195. The first-order chi connectivity index (χ1) is 9.97. The summed E-state index contributed by atoms with van der Waals surface area (Å²) in [6.45, 7) is 1.95. The number of aliphatic carboxylic acids is 1. The van der Waals surface area contributed by atoms with Gasteiger partial charge in [0.1, 0.15) is 0 Å². The minimum Gasteiger partial charge on any atom is -0.481 e. The zero-order valence-electron chi connectivity index (χ0n) is 11.6. The van der Waals surface area contributed by atoms with Gasteiger partial charge in [0.05, 0.1) is 11.5 Å². The number of carbonyl (C=O) groups is 2. The summed E-state index contributed by atoms with van der Waals surface area (Å²) in [6, 6.07) is 13.7. The topological polar surface area (TPSA) is 74.6 Å². The lowest BCUT2D eigenvalue weighted by Crippen LogP contribution is -2.14. The summed E-state index contributed by atoms with van der Waals surface area (Å²) in [5.41, 5.74) is 2.82. The number of rotatable bonds is 5. The molecule has 2 aromatic rings. The Labute approximate surface area is 122 Å². The van der Waals surface area contributed by atoms with Crippen molar-refractivity contribution in [3.63, 3.8) is 0 Å². The van der Waals surface area contributed by atoms with Gasteiger partial charge in [0, 0.05) is 0 Å². The summed E-state index contributed by atoms with van der Waals surface area (Å²) >= 11 is 0. The third kappa shape index (κ3) is 3.69. The molecule has 2 rings (SSSR count). The largest absolute Gasteiger partial charge is 0.481 e. The molecule has 0 aliphatic rings. The van der Waals surface area contributed by atoms with Gasteiger partial charge in [-0.15, -0.1) is 0 Å². The highest BCUT2D eigenvalue weighted by molar-refractivity contribution is 5.87. The predicted molar refractivity (Wildman–Crippen MR) is 78.7 cm³/mol. The molecule has 0 amide bonds. The summed E-state index contributed by atoms with van der Waals surface area (Å²) in [6.07, 6.45) is 0.332. The second-order valence-electron chi connectivity index (χ2n) is 5.01. The number of benzene rings is 2. The third-order valence-corrected chi connectivity index (χ3v) is 3.42. The van der Waals surface area contributed by atoms with Crippen molar-refractivity contribution in [1.82, 2.24) is 0 Å². The Kier molecular flexibility index (Phi) is 4.38. The molecule has 0 aromatic heterocycles. The number of carboxylic acids is 2. The Morgan fingerprint density at radius 3 is 2.00 bits per heavy atom. The number of hydrogen-bond acceptors (Lipinski definition) is 2. The highest BCUT2D eigenvalue weighted by atomic mass is 16.4. The highest BCUT2D eigenvalue weighted by Gasteiger charge is 2.20. The fraction of sp³-hybridized carbons (Fsp3) is 0.176. The predicted octanol–water partition coefficient (Wildman–Crippen LogP) is 3.10. The zero-order chi connectivity index (χ0) is 15.4. The lowest BCUT2D eigenvalue weighted by molar-refractivity contribution is -0.138. The Bertz CT molecular complexity index is 641. The van der Waals surface area contributed by atoms with Crippen molar-refractivity contribution < 1.29 is 19.8 Å². The van der Waals surface area contributed by atoms with Crippen LogP contribution >= 0.6 is 0 Å². The van der Waals surface area contributed by atoms with Crippen molar-refractivity contribution >= 4 is 11.9 Å². The standard InChI is InChI=1S/C17H16O4/c1-11-2-6-13(7-3-11)15(17(20)21)10-12-4-8-14(9-5-12)16(18)19/h2-9,15H,10H2,1H3,(H,18,19)(H,20,21). The van der Waals surface area contributed by atoms with Gasteiger partial charge in [0.15, 0.2) is 0 Å². The van der Waals surface area contributed by atoms with E-state index in [1.165, 1.54) is 12.1 Å². The van der Waals surface area contributed by atoms with E-state index >= 15 is 0 Å². The van der Waals surface area contributed by atoms with Crippen molar-refractivity contribution in [2.24, 2.45) is 0 Å². The van der Waals surface area contributed by atoms with Crippen molar-refractivity contribution in [3.05, 3.63) is 70.8 Å². The molecule has 0 bridgehead atoms. The first-order valence-corrected chi connectivity index (χ1v) is 6.59. The van der Waals surface area contributed by atoms with Crippen LogP contribution in [0.3, 0.4) is 0 Å². The van der Waals surface area contributed by atoms with E-state index < -0.39 is 17.9 Å². The van der Waals surface area contributed by atoms with Crippen LogP contribution in [-0.4, -0.2) is 22.2 Å². The lowest BCUT2D eigenvalue weighted by Gasteiger charge is -2.13. The quantitative estimate of drug-likeness (QED) is 0.884. The Hall–Kier alpha value is -2.62. The van der Waals surface area contributed by atoms with Gasteiger partial charge in [-0.3, -0.25) is 4.79 Å². The summed E-state index contributed by atoms with van der Waals surface area (Å²) in [7, 11) is 0. The summed E-state index contributed by atoms with van der Waals surface area (Å²) < 4.78 is 0. The minimum atomic E-state index is -0.991. The van der Waals surface area contributed by atoms with Crippen LogP contribution in [-0.2, 0) is 11.2 Å². The second kappa shape index (κ2) is 6.22. The van der Waals surface area contributed by atoms with Crippen LogP contribution in [0.5, 0.6) is 0 Å². The molecule has 0 aliphatic heterocycles. The van der Waals surface area contributed by atoms with E-state index in [4.69, 9.17) is 5.11 Å². The molecule has 21 heavy (non-hydrogen) atoms. The van der Waals surface area contributed by atoms with E-state index in [1.807, 2.05) is 31.2 Å². The van der Waals surface area contributed by atoms with Gasteiger partial charge < -0.3 is 10.2 Å². The molecule has 0 aliphatic carbocycles. The molecule has 108 valence electrons.